The number of hydrogen-bond donors (Lipinski definition) is 1. The van der Waals surface area contributed by atoms with Gasteiger partial charge < -0.3 is 14.8 Å². The Morgan fingerprint density at radius 1 is 1.42 bits per heavy atom. The minimum atomic E-state index is -0.732. The van der Waals surface area contributed by atoms with Gasteiger partial charge in [-0.15, -0.1) is 0 Å². The topological polar surface area (TPSA) is 47.6 Å². The molecule has 1 rings (SSSR count). The van der Waals surface area contributed by atoms with E-state index < -0.39 is 5.54 Å². The third-order valence-corrected chi connectivity index (χ3v) is 3.99. The zero-order valence-corrected chi connectivity index (χ0v) is 12.8. The molecule has 112 valence electrons. The number of hydrogen-bond acceptors (Lipinski definition) is 4. The van der Waals surface area contributed by atoms with Gasteiger partial charge in [0.1, 0.15) is 5.54 Å². The number of likely N-dealkylation sites (N-methyl/N-ethyl adjacent to an activating group) is 1. The van der Waals surface area contributed by atoms with Gasteiger partial charge in [0.15, 0.2) is 0 Å². The van der Waals surface area contributed by atoms with Crippen LogP contribution >= 0.6 is 0 Å². The van der Waals surface area contributed by atoms with E-state index in [-0.39, 0.29) is 5.97 Å². The zero-order chi connectivity index (χ0) is 14.3. The van der Waals surface area contributed by atoms with Gasteiger partial charge in [-0.3, -0.25) is 0 Å². The van der Waals surface area contributed by atoms with Gasteiger partial charge in [0.2, 0.25) is 0 Å². The van der Waals surface area contributed by atoms with E-state index in [1.54, 1.807) is 0 Å². The van der Waals surface area contributed by atoms with Gasteiger partial charge >= 0.3 is 5.97 Å². The number of esters is 1. The van der Waals surface area contributed by atoms with Crippen LogP contribution < -0.4 is 5.32 Å². The predicted octanol–water partition coefficient (Wildman–Crippen LogP) is 2.37. The second-order valence-corrected chi connectivity index (χ2v) is 6.01. The molecule has 1 aliphatic rings. The highest BCUT2D eigenvalue weighted by Gasteiger charge is 2.34. The maximum atomic E-state index is 11.8. The molecule has 0 radical (unpaired) electrons. The van der Waals surface area contributed by atoms with E-state index in [9.17, 15) is 4.79 Å². The summed E-state index contributed by atoms with van der Waals surface area (Å²) in [6, 6.07) is 0. The van der Waals surface area contributed by atoms with Crippen molar-refractivity contribution >= 4 is 5.97 Å². The van der Waals surface area contributed by atoms with Crippen molar-refractivity contribution in [2.75, 3.05) is 26.9 Å². The maximum absolute atomic E-state index is 11.8. The molecule has 3 atom stereocenters. The molecule has 1 fully saturated rings. The molecule has 1 aliphatic carbocycles. The van der Waals surface area contributed by atoms with Crippen molar-refractivity contribution in [3.8, 4) is 0 Å². The highest BCUT2D eigenvalue weighted by molar-refractivity contribution is 5.80. The average molecular weight is 271 g/mol. The maximum Gasteiger partial charge on any atom is 0.328 e. The molecule has 0 amide bonds. The van der Waals surface area contributed by atoms with Gasteiger partial charge in [0.05, 0.1) is 13.7 Å². The van der Waals surface area contributed by atoms with Gasteiger partial charge in [-0.1, -0.05) is 26.7 Å². The minimum Gasteiger partial charge on any atom is -0.468 e. The summed E-state index contributed by atoms with van der Waals surface area (Å²) in [5.41, 5.74) is -0.732. The Morgan fingerprint density at radius 2 is 2.16 bits per heavy atom. The fourth-order valence-corrected chi connectivity index (χ4v) is 2.94. The SMILES string of the molecule is CCNC(C)(COCC1CCCC(C)C1)C(=O)OC. The standard InChI is InChI=1S/C15H29NO3/c1-5-16-15(3,14(17)18-4)11-19-10-13-8-6-7-12(2)9-13/h12-13,16H,5-11H2,1-4H3. The Hall–Kier alpha value is -0.610. The Morgan fingerprint density at radius 3 is 2.74 bits per heavy atom. The van der Waals surface area contributed by atoms with E-state index in [2.05, 4.69) is 12.2 Å². The Bertz CT molecular complexity index is 283. The average Bonchev–Trinajstić information content (AvgIpc) is 2.38. The van der Waals surface area contributed by atoms with E-state index >= 15 is 0 Å². The lowest BCUT2D eigenvalue weighted by Crippen LogP contribution is -2.53. The Balaban J connectivity index is 2.37. The van der Waals surface area contributed by atoms with Gasteiger partial charge in [-0.05, 0) is 38.1 Å². The van der Waals surface area contributed by atoms with Crippen molar-refractivity contribution in [2.24, 2.45) is 11.8 Å². The van der Waals surface area contributed by atoms with Crippen LogP contribution in [0, 0.1) is 11.8 Å². The number of rotatable bonds is 7. The van der Waals surface area contributed by atoms with Crippen LogP contribution in [0.2, 0.25) is 0 Å². The fraction of sp³-hybridized carbons (Fsp3) is 0.933. The third kappa shape index (κ3) is 5.11. The van der Waals surface area contributed by atoms with E-state index in [0.717, 1.165) is 19.1 Å². The third-order valence-electron chi connectivity index (χ3n) is 3.99. The summed E-state index contributed by atoms with van der Waals surface area (Å²) >= 11 is 0. The highest BCUT2D eigenvalue weighted by atomic mass is 16.5. The molecule has 0 spiro atoms. The van der Waals surface area contributed by atoms with Gasteiger partial charge in [0, 0.05) is 6.61 Å². The van der Waals surface area contributed by atoms with Crippen molar-refractivity contribution in [2.45, 2.75) is 52.0 Å². The molecule has 0 aliphatic heterocycles. The van der Waals surface area contributed by atoms with Gasteiger partial charge in [0.25, 0.3) is 0 Å². The quantitative estimate of drug-likeness (QED) is 0.722. The normalized spacial score (nSPS) is 26.7. The number of carbonyl (C=O) groups is 1. The van der Waals surface area contributed by atoms with Crippen LogP contribution in [0.15, 0.2) is 0 Å². The van der Waals surface area contributed by atoms with Crippen LogP contribution in [0.5, 0.6) is 0 Å². The van der Waals surface area contributed by atoms with Crippen LogP contribution in [-0.4, -0.2) is 38.4 Å². The molecule has 0 aromatic carbocycles. The number of ether oxygens (including phenoxy) is 2. The van der Waals surface area contributed by atoms with Crippen molar-refractivity contribution in [1.29, 1.82) is 0 Å². The molecule has 1 N–H and O–H groups in total. The van der Waals surface area contributed by atoms with Crippen LogP contribution in [0.4, 0.5) is 0 Å². The second kappa shape index (κ2) is 7.85. The largest absolute Gasteiger partial charge is 0.468 e. The molecule has 0 heterocycles. The summed E-state index contributed by atoms with van der Waals surface area (Å²) in [5.74, 6) is 1.20. The van der Waals surface area contributed by atoms with Crippen LogP contribution in [-0.2, 0) is 14.3 Å². The molecule has 19 heavy (non-hydrogen) atoms. The van der Waals surface area contributed by atoms with E-state index in [1.165, 1.54) is 32.8 Å². The summed E-state index contributed by atoms with van der Waals surface area (Å²) in [4.78, 5) is 11.8. The summed E-state index contributed by atoms with van der Waals surface area (Å²) in [6.45, 7) is 7.97. The lowest BCUT2D eigenvalue weighted by Gasteiger charge is -2.30. The van der Waals surface area contributed by atoms with Crippen molar-refractivity contribution in [3.05, 3.63) is 0 Å². The first-order valence-electron chi connectivity index (χ1n) is 7.43. The minimum absolute atomic E-state index is 0.258. The Labute approximate surface area is 117 Å². The van der Waals surface area contributed by atoms with Crippen LogP contribution in [0.3, 0.4) is 0 Å². The highest BCUT2D eigenvalue weighted by Crippen LogP contribution is 2.28. The molecule has 0 bridgehead atoms. The zero-order valence-electron chi connectivity index (χ0n) is 12.8. The molecule has 0 saturated heterocycles. The number of nitrogens with one attached hydrogen (secondary N) is 1. The lowest BCUT2D eigenvalue weighted by atomic mass is 9.83. The fourth-order valence-electron chi connectivity index (χ4n) is 2.94. The predicted molar refractivity (Wildman–Crippen MR) is 76.0 cm³/mol. The first kappa shape index (κ1) is 16.4. The van der Waals surface area contributed by atoms with Gasteiger partial charge in [-0.2, -0.15) is 0 Å². The second-order valence-electron chi connectivity index (χ2n) is 6.01. The summed E-state index contributed by atoms with van der Waals surface area (Å²) < 4.78 is 10.6. The van der Waals surface area contributed by atoms with E-state index in [4.69, 9.17) is 9.47 Å². The molecule has 3 unspecified atom stereocenters. The smallest absolute Gasteiger partial charge is 0.328 e. The first-order valence-corrected chi connectivity index (χ1v) is 7.43. The Kier molecular flexibility index (Phi) is 6.80. The summed E-state index contributed by atoms with van der Waals surface area (Å²) in [6.07, 6.45) is 5.14. The van der Waals surface area contributed by atoms with E-state index in [0.29, 0.717) is 12.5 Å². The molecule has 4 heteroatoms. The number of methoxy groups -OCH3 is 1. The van der Waals surface area contributed by atoms with Gasteiger partial charge in [-0.25, -0.2) is 4.79 Å². The van der Waals surface area contributed by atoms with Crippen LogP contribution in [0.25, 0.3) is 0 Å². The molecule has 1 saturated carbocycles. The first-order chi connectivity index (χ1) is 9.01. The number of carbonyl (C=O) groups excluding carboxylic acids is 1. The van der Waals surface area contributed by atoms with E-state index in [1.807, 2.05) is 13.8 Å². The molecule has 0 aromatic rings. The van der Waals surface area contributed by atoms with Crippen molar-refractivity contribution < 1.29 is 14.3 Å². The van der Waals surface area contributed by atoms with Crippen molar-refractivity contribution in [3.63, 3.8) is 0 Å². The molecular formula is C15H29NO3. The van der Waals surface area contributed by atoms with Crippen LogP contribution in [0.1, 0.15) is 46.5 Å². The van der Waals surface area contributed by atoms with Crippen molar-refractivity contribution in [1.82, 2.24) is 5.32 Å². The lowest BCUT2D eigenvalue weighted by molar-refractivity contribution is -0.151. The molecule has 4 nitrogen and oxygen atoms in total. The molecular weight excluding hydrogens is 242 g/mol. The summed E-state index contributed by atoms with van der Waals surface area (Å²) in [7, 11) is 1.42. The summed E-state index contributed by atoms with van der Waals surface area (Å²) in [5, 5.41) is 3.16. The molecule has 0 aromatic heterocycles. The monoisotopic (exact) mass is 271 g/mol.